The number of halogens is 2. The summed E-state index contributed by atoms with van der Waals surface area (Å²) in [4.78, 5) is 10.8. The Labute approximate surface area is 110 Å². The van der Waals surface area contributed by atoms with Crippen molar-refractivity contribution in [1.29, 1.82) is 0 Å². The van der Waals surface area contributed by atoms with Gasteiger partial charge in [-0.1, -0.05) is 11.6 Å². The molecule has 1 aliphatic heterocycles. The molecule has 1 atom stereocenters. The van der Waals surface area contributed by atoms with Crippen LogP contribution in [0.5, 0.6) is 0 Å². The lowest BCUT2D eigenvalue weighted by atomic mass is 10.1. The highest BCUT2D eigenvalue weighted by Crippen LogP contribution is 2.22. The highest BCUT2D eigenvalue weighted by molar-refractivity contribution is 6.31. The van der Waals surface area contributed by atoms with Gasteiger partial charge in [0.15, 0.2) is 0 Å². The Hall–Kier alpha value is -1.42. The lowest BCUT2D eigenvalue weighted by Gasteiger charge is -2.29. The molecule has 1 aromatic heterocycles. The highest BCUT2D eigenvalue weighted by atomic mass is 35.5. The van der Waals surface area contributed by atoms with Crippen molar-refractivity contribution >= 4 is 28.5 Å². The standard InChI is InChI=1S/C13H13ClFN3/c14-9-3-4-11-12(6-9)16-7-13(17-11)18-5-1-2-10(15)8-18/h3-4,6-7,10H,1-2,5,8H2. The largest absolute Gasteiger partial charge is 0.352 e. The predicted octanol–water partition coefficient (Wildman–Crippen LogP) is 3.22. The van der Waals surface area contributed by atoms with Gasteiger partial charge in [0.1, 0.15) is 12.0 Å². The maximum absolute atomic E-state index is 13.4. The summed E-state index contributed by atoms with van der Waals surface area (Å²) < 4.78 is 13.4. The Morgan fingerprint density at radius 1 is 1.33 bits per heavy atom. The predicted molar refractivity (Wildman–Crippen MR) is 70.9 cm³/mol. The number of nitrogens with zero attached hydrogens (tertiary/aromatic N) is 3. The molecule has 1 fully saturated rings. The molecule has 5 heteroatoms. The van der Waals surface area contributed by atoms with Crippen LogP contribution in [-0.4, -0.2) is 29.2 Å². The van der Waals surface area contributed by atoms with E-state index in [4.69, 9.17) is 11.6 Å². The van der Waals surface area contributed by atoms with Crippen molar-refractivity contribution in [1.82, 2.24) is 9.97 Å². The minimum Gasteiger partial charge on any atom is -0.352 e. The van der Waals surface area contributed by atoms with Crippen molar-refractivity contribution in [2.24, 2.45) is 0 Å². The molecule has 1 saturated heterocycles. The normalized spacial score (nSPS) is 20.3. The molecule has 2 heterocycles. The summed E-state index contributed by atoms with van der Waals surface area (Å²) in [7, 11) is 0. The lowest BCUT2D eigenvalue weighted by molar-refractivity contribution is 0.286. The fourth-order valence-corrected chi connectivity index (χ4v) is 2.43. The van der Waals surface area contributed by atoms with Crippen LogP contribution in [0, 0.1) is 0 Å². The van der Waals surface area contributed by atoms with Gasteiger partial charge in [0.2, 0.25) is 0 Å². The molecule has 0 N–H and O–H groups in total. The molecule has 0 bridgehead atoms. The third-order valence-corrected chi connectivity index (χ3v) is 3.41. The van der Waals surface area contributed by atoms with Crippen molar-refractivity contribution in [3.8, 4) is 0 Å². The third kappa shape index (κ3) is 2.25. The smallest absolute Gasteiger partial charge is 0.147 e. The van der Waals surface area contributed by atoms with Crippen LogP contribution in [0.3, 0.4) is 0 Å². The average molecular weight is 266 g/mol. The van der Waals surface area contributed by atoms with E-state index in [1.165, 1.54) is 0 Å². The first-order valence-electron chi connectivity index (χ1n) is 6.04. The maximum atomic E-state index is 13.4. The summed E-state index contributed by atoms with van der Waals surface area (Å²) in [5, 5.41) is 0.645. The van der Waals surface area contributed by atoms with Crippen LogP contribution in [0.2, 0.25) is 5.02 Å². The zero-order chi connectivity index (χ0) is 12.5. The van der Waals surface area contributed by atoms with Gasteiger partial charge in [-0.05, 0) is 31.0 Å². The van der Waals surface area contributed by atoms with Crippen molar-refractivity contribution in [3.63, 3.8) is 0 Å². The van der Waals surface area contributed by atoms with E-state index in [0.717, 1.165) is 29.8 Å². The van der Waals surface area contributed by atoms with Gasteiger partial charge < -0.3 is 4.90 Å². The van der Waals surface area contributed by atoms with Crippen molar-refractivity contribution in [3.05, 3.63) is 29.4 Å². The number of hydrogen-bond donors (Lipinski definition) is 0. The van der Waals surface area contributed by atoms with E-state index in [1.54, 1.807) is 18.3 Å². The van der Waals surface area contributed by atoms with Gasteiger partial charge in [0.25, 0.3) is 0 Å². The molecule has 0 radical (unpaired) electrons. The van der Waals surface area contributed by atoms with E-state index in [2.05, 4.69) is 9.97 Å². The summed E-state index contributed by atoms with van der Waals surface area (Å²) >= 11 is 5.90. The first kappa shape index (κ1) is 11.7. The maximum Gasteiger partial charge on any atom is 0.147 e. The van der Waals surface area contributed by atoms with Crippen molar-refractivity contribution in [2.45, 2.75) is 19.0 Å². The summed E-state index contributed by atoms with van der Waals surface area (Å²) in [5.41, 5.74) is 1.55. The first-order chi connectivity index (χ1) is 8.72. The Bertz CT molecular complexity index is 575. The molecular weight excluding hydrogens is 253 g/mol. The minimum atomic E-state index is -0.763. The summed E-state index contributed by atoms with van der Waals surface area (Å²) in [5.74, 6) is 0.743. The van der Waals surface area contributed by atoms with E-state index >= 15 is 0 Å². The number of fused-ring (bicyclic) bond motifs is 1. The van der Waals surface area contributed by atoms with Gasteiger partial charge in [-0.15, -0.1) is 0 Å². The van der Waals surface area contributed by atoms with E-state index in [-0.39, 0.29) is 0 Å². The minimum absolute atomic E-state index is 0.410. The van der Waals surface area contributed by atoms with Crippen LogP contribution in [0.4, 0.5) is 10.2 Å². The van der Waals surface area contributed by atoms with Crippen LogP contribution in [0.25, 0.3) is 11.0 Å². The molecule has 1 aromatic carbocycles. The van der Waals surface area contributed by atoms with Gasteiger partial charge in [0, 0.05) is 11.6 Å². The first-order valence-corrected chi connectivity index (χ1v) is 6.41. The molecule has 0 amide bonds. The number of alkyl halides is 1. The topological polar surface area (TPSA) is 29.0 Å². The quantitative estimate of drug-likeness (QED) is 0.793. The van der Waals surface area contributed by atoms with E-state index in [9.17, 15) is 4.39 Å². The number of benzene rings is 1. The fraction of sp³-hybridized carbons (Fsp3) is 0.385. The Morgan fingerprint density at radius 2 is 2.22 bits per heavy atom. The van der Waals surface area contributed by atoms with Gasteiger partial charge in [-0.3, -0.25) is 4.98 Å². The van der Waals surface area contributed by atoms with Crippen LogP contribution in [0.1, 0.15) is 12.8 Å². The van der Waals surface area contributed by atoms with Gasteiger partial charge >= 0.3 is 0 Å². The molecule has 3 rings (SSSR count). The molecular formula is C13H13ClFN3. The number of rotatable bonds is 1. The molecule has 0 saturated carbocycles. The molecule has 18 heavy (non-hydrogen) atoms. The van der Waals surface area contributed by atoms with Gasteiger partial charge in [-0.2, -0.15) is 0 Å². The van der Waals surface area contributed by atoms with E-state index in [1.807, 2.05) is 11.0 Å². The SMILES string of the molecule is FC1CCCN(c2cnc3cc(Cl)ccc3n2)C1. The summed E-state index contributed by atoms with van der Waals surface area (Å²) in [6.45, 7) is 1.25. The average Bonchev–Trinajstić information content (AvgIpc) is 2.38. The van der Waals surface area contributed by atoms with Crippen LogP contribution in [-0.2, 0) is 0 Å². The van der Waals surface area contributed by atoms with Crippen molar-refractivity contribution in [2.75, 3.05) is 18.0 Å². The number of aromatic nitrogens is 2. The van der Waals surface area contributed by atoms with Crippen LogP contribution >= 0.6 is 11.6 Å². The monoisotopic (exact) mass is 265 g/mol. The second-order valence-corrected chi connectivity index (χ2v) is 4.98. The molecule has 1 aliphatic rings. The molecule has 0 spiro atoms. The zero-order valence-electron chi connectivity index (χ0n) is 9.81. The Morgan fingerprint density at radius 3 is 3.06 bits per heavy atom. The fourth-order valence-electron chi connectivity index (χ4n) is 2.26. The Kier molecular flexibility index (Phi) is 3.04. The summed E-state index contributed by atoms with van der Waals surface area (Å²) in [6, 6.07) is 5.41. The van der Waals surface area contributed by atoms with Crippen LogP contribution in [0.15, 0.2) is 24.4 Å². The second-order valence-electron chi connectivity index (χ2n) is 4.55. The lowest BCUT2D eigenvalue weighted by Crippen LogP contribution is -2.36. The molecule has 0 aliphatic carbocycles. The molecule has 3 nitrogen and oxygen atoms in total. The second kappa shape index (κ2) is 4.69. The number of anilines is 1. The van der Waals surface area contributed by atoms with Gasteiger partial charge in [-0.25, -0.2) is 9.37 Å². The van der Waals surface area contributed by atoms with E-state index in [0.29, 0.717) is 18.0 Å². The number of hydrogen-bond acceptors (Lipinski definition) is 3. The third-order valence-electron chi connectivity index (χ3n) is 3.18. The number of piperidine rings is 1. The highest BCUT2D eigenvalue weighted by Gasteiger charge is 2.20. The molecule has 94 valence electrons. The zero-order valence-corrected chi connectivity index (χ0v) is 10.6. The summed E-state index contributed by atoms with van der Waals surface area (Å²) in [6.07, 6.45) is 2.44. The molecule has 2 aromatic rings. The van der Waals surface area contributed by atoms with Gasteiger partial charge in [0.05, 0.1) is 23.8 Å². The van der Waals surface area contributed by atoms with E-state index < -0.39 is 6.17 Å². The van der Waals surface area contributed by atoms with Crippen molar-refractivity contribution < 1.29 is 4.39 Å². The van der Waals surface area contributed by atoms with Crippen LogP contribution < -0.4 is 4.90 Å². The molecule has 1 unspecified atom stereocenters. The Balaban J connectivity index is 1.95.